The molecule has 20 heavy (non-hydrogen) atoms. The summed E-state index contributed by atoms with van der Waals surface area (Å²) in [6, 6.07) is 0. The van der Waals surface area contributed by atoms with E-state index < -0.39 is 0 Å². The molecule has 0 radical (unpaired) electrons. The highest BCUT2D eigenvalue weighted by Crippen LogP contribution is 2.94. The highest BCUT2D eigenvalue weighted by Gasteiger charge is 2.96. The molecular formula is C17H24O3. The van der Waals surface area contributed by atoms with Crippen molar-refractivity contribution in [1.82, 2.24) is 0 Å². The molecule has 0 unspecified atom stereocenters. The molecule has 0 amide bonds. The number of aliphatic hydroxyl groups is 2. The summed E-state index contributed by atoms with van der Waals surface area (Å²) in [6.45, 7) is 0.622. The number of hydrogen-bond acceptors (Lipinski definition) is 3. The van der Waals surface area contributed by atoms with E-state index in [1.165, 1.54) is 6.42 Å². The second-order valence-corrected chi connectivity index (χ2v) is 8.49. The average Bonchev–Trinajstić information content (AvgIpc) is 3.05. The Morgan fingerprint density at radius 3 is 1.75 bits per heavy atom. The van der Waals surface area contributed by atoms with Crippen molar-refractivity contribution in [3.05, 3.63) is 0 Å². The van der Waals surface area contributed by atoms with Gasteiger partial charge >= 0.3 is 0 Å². The molecule has 3 nitrogen and oxygen atoms in total. The van der Waals surface area contributed by atoms with E-state index in [2.05, 4.69) is 0 Å². The van der Waals surface area contributed by atoms with Gasteiger partial charge in [-0.15, -0.1) is 0 Å². The molecule has 4 bridgehead atoms. The normalized spacial score (nSPS) is 68.7. The third kappa shape index (κ3) is 0.798. The molecule has 10 atom stereocenters. The lowest BCUT2D eigenvalue weighted by Crippen LogP contribution is -2.51. The van der Waals surface area contributed by atoms with Crippen LogP contribution in [0.2, 0.25) is 0 Å². The lowest BCUT2D eigenvalue weighted by molar-refractivity contribution is -0.0834. The fourth-order valence-electron chi connectivity index (χ4n) is 8.99. The van der Waals surface area contributed by atoms with Crippen molar-refractivity contribution in [2.24, 2.45) is 47.3 Å². The summed E-state index contributed by atoms with van der Waals surface area (Å²) in [5.41, 5.74) is 0.315. The van der Waals surface area contributed by atoms with Gasteiger partial charge in [-0.05, 0) is 79.4 Å². The molecule has 110 valence electrons. The summed E-state index contributed by atoms with van der Waals surface area (Å²) < 4.78 is 6.93. The smallest absolute Gasteiger partial charge is 0.0760 e. The highest BCUT2D eigenvalue weighted by atomic mass is 16.5. The van der Waals surface area contributed by atoms with Crippen molar-refractivity contribution in [3.8, 4) is 0 Å². The van der Waals surface area contributed by atoms with E-state index in [-0.39, 0.29) is 11.2 Å². The molecule has 5 saturated carbocycles. The number of ether oxygens (including phenoxy) is 1. The molecule has 2 saturated heterocycles. The maximum absolute atomic E-state index is 9.29. The summed E-state index contributed by atoms with van der Waals surface area (Å²) in [6.07, 6.45) is 5.51. The second kappa shape index (κ2) is 3.13. The molecule has 7 rings (SSSR count). The molecule has 0 aromatic rings. The van der Waals surface area contributed by atoms with Crippen LogP contribution in [0.25, 0.3) is 0 Å². The fourth-order valence-corrected chi connectivity index (χ4v) is 8.99. The first kappa shape index (κ1) is 11.4. The third-order valence-electron chi connectivity index (χ3n) is 8.59. The van der Waals surface area contributed by atoms with Crippen molar-refractivity contribution >= 4 is 0 Å². The van der Waals surface area contributed by atoms with Crippen molar-refractivity contribution < 1.29 is 14.9 Å². The average molecular weight is 276 g/mol. The highest BCUT2D eigenvalue weighted by molar-refractivity contribution is 5.43. The fraction of sp³-hybridized carbons (Fsp3) is 1.00. The zero-order valence-electron chi connectivity index (χ0n) is 11.9. The van der Waals surface area contributed by atoms with Crippen molar-refractivity contribution in [1.29, 1.82) is 0 Å². The van der Waals surface area contributed by atoms with Crippen LogP contribution in [-0.2, 0) is 4.74 Å². The molecule has 3 heteroatoms. The molecule has 0 aromatic heterocycles. The van der Waals surface area contributed by atoms with E-state index in [9.17, 15) is 10.2 Å². The monoisotopic (exact) mass is 276 g/mol. The van der Waals surface area contributed by atoms with Gasteiger partial charge in [-0.1, -0.05) is 0 Å². The van der Waals surface area contributed by atoms with Crippen LogP contribution < -0.4 is 0 Å². The summed E-state index contributed by atoms with van der Waals surface area (Å²) in [5, 5.41) is 18.6. The predicted octanol–water partition coefficient (Wildman–Crippen LogP) is 1.43. The second-order valence-electron chi connectivity index (χ2n) is 8.49. The Morgan fingerprint density at radius 2 is 1.30 bits per heavy atom. The van der Waals surface area contributed by atoms with E-state index >= 15 is 0 Å². The largest absolute Gasteiger partial charge is 0.396 e. The van der Waals surface area contributed by atoms with Gasteiger partial charge in [0.2, 0.25) is 0 Å². The van der Waals surface area contributed by atoms with Gasteiger partial charge in [-0.3, -0.25) is 0 Å². The van der Waals surface area contributed by atoms with Crippen LogP contribution in [0.4, 0.5) is 0 Å². The lowest BCUT2D eigenvalue weighted by Gasteiger charge is -2.48. The first-order valence-electron chi connectivity index (χ1n) is 8.72. The molecule has 0 spiro atoms. The molecule has 0 aromatic carbocycles. The summed E-state index contributed by atoms with van der Waals surface area (Å²) in [7, 11) is 0. The van der Waals surface area contributed by atoms with Crippen molar-refractivity contribution in [3.63, 3.8) is 0 Å². The summed E-state index contributed by atoms with van der Waals surface area (Å²) in [4.78, 5) is 0. The van der Waals surface area contributed by atoms with Crippen LogP contribution in [0.5, 0.6) is 0 Å². The Bertz CT molecular complexity index is 447. The molecule has 2 heterocycles. The standard InChI is InChI=1S/C17H24O3/c18-5-1-3-16-12-8-7-9-11-10(8)14(16)15(11)17(20-16,13(9)12)4-2-6-19/h8-15,18-19H,1-7H2/t8-,9+,10+,11-,12-,13+,14+,15-,16+,17-. The Morgan fingerprint density at radius 1 is 0.800 bits per heavy atom. The van der Waals surface area contributed by atoms with Crippen LogP contribution in [0.3, 0.4) is 0 Å². The lowest BCUT2D eigenvalue weighted by atomic mass is 9.53. The Hall–Kier alpha value is -0.120. The minimum absolute atomic E-state index is 0.157. The zero-order chi connectivity index (χ0) is 13.3. The van der Waals surface area contributed by atoms with Gasteiger partial charge < -0.3 is 14.9 Å². The number of aliphatic hydroxyl groups excluding tert-OH is 2. The molecule has 2 N–H and O–H groups in total. The quantitative estimate of drug-likeness (QED) is 0.771. The van der Waals surface area contributed by atoms with Gasteiger partial charge in [-0.25, -0.2) is 0 Å². The molecule has 2 aliphatic heterocycles. The first-order valence-corrected chi connectivity index (χ1v) is 8.72. The minimum atomic E-state index is 0.157. The van der Waals surface area contributed by atoms with E-state index in [0.29, 0.717) is 13.2 Å². The SMILES string of the molecule is OCCC[C@]12O[C@@]3(CCCO)[C@@H]4[C@@H]5C[C@@H]([C@@H]6[C@H]5[C@H]3[C@@H]61)[C@@H]42. The van der Waals surface area contributed by atoms with Crippen LogP contribution in [0.1, 0.15) is 32.1 Å². The molecular weight excluding hydrogens is 252 g/mol. The van der Waals surface area contributed by atoms with Crippen LogP contribution >= 0.6 is 0 Å². The topological polar surface area (TPSA) is 49.7 Å². The molecule has 7 aliphatic rings. The van der Waals surface area contributed by atoms with Gasteiger partial charge in [0.15, 0.2) is 0 Å². The maximum Gasteiger partial charge on any atom is 0.0760 e. The van der Waals surface area contributed by atoms with E-state index in [1.807, 2.05) is 0 Å². The van der Waals surface area contributed by atoms with Crippen LogP contribution in [0.15, 0.2) is 0 Å². The Labute approximate surface area is 119 Å². The van der Waals surface area contributed by atoms with Gasteiger partial charge in [-0.2, -0.15) is 0 Å². The predicted molar refractivity (Wildman–Crippen MR) is 71.7 cm³/mol. The summed E-state index contributed by atoms with van der Waals surface area (Å²) in [5.74, 6) is 7.22. The Balaban J connectivity index is 1.47. The van der Waals surface area contributed by atoms with E-state index in [4.69, 9.17) is 4.74 Å². The summed E-state index contributed by atoms with van der Waals surface area (Å²) >= 11 is 0. The maximum atomic E-state index is 9.29. The van der Waals surface area contributed by atoms with Gasteiger partial charge in [0, 0.05) is 13.2 Å². The van der Waals surface area contributed by atoms with Gasteiger partial charge in [0.1, 0.15) is 0 Å². The van der Waals surface area contributed by atoms with Crippen LogP contribution in [0, 0.1) is 47.3 Å². The number of hydrogen-bond donors (Lipinski definition) is 2. The van der Waals surface area contributed by atoms with Gasteiger partial charge in [0.05, 0.1) is 11.2 Å². The minimum Gasteiger partial charge on any atom is -0.396 e. The zero-order valence-corrected chi connectivity index (χ0v) is 11.9. The molecule has 7 fully saturated rings. The van der Waals surface area contributed by atoms with Crippen LogP contribution in [-0.4, -0.2) is 34.6 Å². The van der Waals surface area contributed by atoms with E-state index in [1.54, 1.807) is 0 Å². The van der Waals surface area contributed by atoms with E-state index in [0.717, 1.165) is 73.0 Å². The first-order chi connectivity index (χ1) is 9.80. The Kier molecular flexibility index (Phi) is 1.79. The van der Waals surface area contributed by atoms with Crippen molar-refractivity contribution in [2.45, 2.75) is 43.3 Å². The third-order valence-corrected chi connectivity index (χ3v) is 8.59. The molecule has 5 aliphatic carbocycles. The van der Waals surface area contributed by atoms with Gasteiger partial charge in [0.25, 0.3) is 0 Å². The number of rotatable bonds is 6. The van der Waals surface area contributed by atoms with Crippen molar-refractivity contribution in [2.75, 3.05) is 13.2 Å².